The molecule has 2 aromatic rings. The number of amides is 2. The van der Waals surface area contributed by atoms with Gasteiger partial charge in [0, 0.05) is 29.5 Å². The predicted octanol–water partition coefficient (Wildman–Crippen LogP) is 2.79. The van der Waals surface area contributed by atoms with Crippen molar-refractivity contribution in [2.24, 2.45) is 0 Å². The lowest BCUT2D eigenvalue weighted by Crippen LogP contribution is -2.14. The fourth-order valence-corrected chi connectivity index (χ4v) is 1.92. The molecule has 0 spiro atoms. The minimum atomic E-state index is -0.216. The molecule has 5 heteroatoms. The molecule has 0 fully saturated rings. The Morgan fingerprint density at radius 1 is 0.952 bits per heavy atom. The molecular weight excluding hydrogens is 266 g/mol. The number of anilines is 3. The van der Waals surface area contributed by atoms with E-state index in [2.05, 4.69) is 10.6 Å². The van der Waals surface area contributed by atoms with Crippen molar-refractivity contribution in [3.63, 3.8) is 0 Å². The average molecular weight is 283 g/mol. The van der Waals surface area contributed by atoms with Crippen LogP contribution in [0.5, 0.6) is 0 Å². The van der Waals surface area contributed by atoms with Crippen molar-refractivity contribution in [3.8, 4) is 0 Å². The zero-order valence-electron chi connectivity index (χ0n) is 11.9. The number of nitrogens with two attached hydrogens (primary N) is 1. The van der Waals surface area contributed by atoms with Crippen molar-refractivity contribution < 1.29 is 9.59 Å². The van der Waals surface area contributed by atoms with Gasteiger partial charge in [-0.2, -0.15) is 0 Å². The molecule has 0 atom stereocenters. The zero-order chi connectivity index (χ0) is 15.4. The maximum absolute atomic E-state index is 12.2. The molecule has 0 unspecified atom stereocenters. The Labute approximate surface area is 123 Å². The highest BCUT2D eigenvalue weighted by Gasteiger charge is 2.09. The van der Waals surface area contributed by atoms with E-state index >= 15 is 0 Å². The number of aryl methyl sites for hydroxylation is 1. The lowest BCUT2D eigenvalue weighted by molar-refractivity contribution is -0.114. The third-order valence-corrected chi connectivity index (χ3v) is 2.97. The van der Waals surface area contributed by atoms with E-state index in [-0.39, 0.29) is 11.8 Å². The van der Waals surface area contributed by atoms with Gasteiger partial charge in [0.2, 0.25) is 5.91 Å². The summed E-state index contributed by atoms with van der Waals surface area (Å²) >= 11 is 0. The Morgan fingerprint density at radius 2 is 1.52 bits per heavy atom. The summed E-state index contributed by atoms with van der Waals surface area (Å²) in [6.45, 7) is 3.30. The van der Waals surface area contributed by atoms with Gasteiger partial charge in [0.1, 0.15) is 0 Å². The van der Waals surface area contributed by atoms with Crippen LogP contribution in [0.15, 0.2) is 42.5 Å². The summed E-state index contributed by atoms with van der Waals surface area (Å²) in [4.78, 5) is 23.2. The second-order valence-electron chi connectivity index (χ2n) is 4.79. The van der Waals surface area contributed by atoms with Crippen LogP contribution in [0.4, 0.5) is 17.1 Å². The average Bonchev–Trinajstić information content (AvgIpc) is 2.43. The van der Waals surface area contributed by atoms with Gasteiger partial charge in [0.25, 0.3) is 5.91 Å². The van der Waals surface area contributed by atoms with Crippen molar-refractivity contribution in [2.45, 2.75) is 13.8 Å². The summed E-state index contributed by atoms with van der Waals surface area (Å²) in [5, 5.41) is 5.47. The van der Waals surface area contributed by atoms with Crippen molar-refractivity contribution >= 4 is 28.9 Å². The van der Waals surface area contributed by atoms with Crippen molar-refractivity contribution in [3.05, 3.63) is 53.6 Å². The van der Waals surface area contributed by atoms with Crippen LogP contribution in [0.25, 0.3) is 0 Å². The highest BCUT2D eigenvalue weighted by molar-refractivity contribution is 6.05. The van der Waals surface area contributed by atoms with Gasteiger partial charge < -0.3 is 16.4 Å². The van der Waals surface area contributed by atoms with Crippen molar-refractivity contribution in [1.29, 1.82) is 0 Å². The first-order chi connectivity index (χ1) is 9.95. The van der Waals surface area contributed by atoms with Crippen LogP contribution in [-0.2, 0) is 4.79 Å². The van der Waals surface area contributed by atoms with E-state index in [0.717, 1.165) is 5.56 Å². The Balaban J connectivity index is 2.12. The summed E-state index contributed by atoms with van der Waals surface area (Å²) in [5.41, 5.74) is 8.98. The van der Waals surface area contributed by atoms with Gasteiger partial charge in [-0.15, -0.1) is 0 Å². The van der Waals surface area contributed by atoms with Gasteiger partial charge in [0.15, 0.2) is 0 Å². The normalized spacial score (nSPS) is 10.0. The second kappa shape index (κ2) is 6.09. The lowest BCUT2D eigenvalue weighted by atomic mass is 10.1. The third kappa shape index (κ3) is 3.82. The Bertz CT molecular complexity index is 678. The Hall–Kier alpha value is -2.82. The van der Waals surface area contributed by atoms with Gasteiger partial charge in [0.05, 0.1) is 0 Å². The van der Waals surface area contributed by atoms with Gasteiger partial charge in [-0.3, -0.25) is 9.59 Å². The molecule has 2 rings (SSSR count). The molecule has 0 radical (unpaired) electrons. The number of nitrogens with one attached hydrogen (secondary N) is 2. The van der Waals surface area contributed by atoms with E-state index in [4.69, 9.17) is 5.73 Å². The second-order valence-corrected chi connectivity index (χ2v) is 4.79. The van der Waals surface area contributed by atoms with Crippen LogP contribution in [0, 0.1) is 6.92 Å². The number of carbonyl (C=O) groups is 2. The zero-order valence-corrected chi connectivity index (χ0v) is 11.9. The third-order valence-electron chi connectivity index (χ3n) is 2.97. The minimum absolute atomic E-state index is 0.137. The van der Waals surface area contributed by atoms with Gasteiger partial charge in [-0.05, 0) is 48.9 Å². The van der Waals surface area contributed by atoms with Crippen LogP contribution in [0.3, 0.4) is 0 Å². The standard InChI is InChI=1S/C16H17N3O2/c1-10-3-4-12(17)9-15(10)16(21)19-14-7-5-13(6-8-14)18-11(2)20/h3-9H,17H2,1-2H3,(H,18,20)(H,19,21). The maximum Gasteiger partial charge on any atom is 0.256 e. The number of nitrogen functional groups attached to an aromatic ring is 1. The largest absolute Gasteiger partial charge is 0.399 e. The first-order valence-electron chi connectivity index (χ1n) is 6.51. The highest BCUT2D eigenvalue weighted by atomic mass is 16.2. The van der Waals surface area contributed by atoms with Gasteiger partial charge in [-0.25, -0.2) is 0 Å². The first-order valence-corrected chi connectivity index (χ1v) is 6.51. The summed E-state index contributed by atoms with van der Waals surface area (Å²) in [7, 11) is 0. The molecule has 2 aromatic carbocycles. The number of carbonyl (C=O) groups excluding carboxylic acids is 2. The van der Waals surface area contributed by atoms with Gasteiger partial charge >= 0.3 is 0 Å². The SMILES string of the molecule is CC(=O)Nc1ccc(NC(=O)c2cc(N)ccc2C)cc1. The van der Waals surface area contributed by atoms with Crippen molar-refractivity contribution in [2.75, 3.05) is 16.4 Å². The number of hydrogen-bond acceptors (Lipinski definition) is 3. The first kappa shape index (κ1) is 14.6. The van der Waals surface area contributed by atoms with Crippen LogP contribution in [0.2, 0.25) is 0 Å². The molecule has 108 valence electrons. The Morgan fingerprint density at radius 3 is 2.10 bits per heavy atom. The molecule has 0 aliphatic heterocycles. The molecule has 5 nitrogen and oxygen atoms in total. The van der Waals surface area contributed by atoms with E-state index in [1.165, 1.54) is 6.92 Å². The monoisotopic (exact) mass is 283 g/mol. The van der Waals surface area contributed by atoms with Crippen LogP contribution in [0.1, 0.15) is 22.8 Å². The molecule has 0 aliphatic rings. The number of hydrogen-bond donors (Lipinski definition) is 3. The molecule has 0 aromatic heterocycles. The molecular formula is C16H17N3O2. The van der Waals surface area contributed by atoms with Crippen LogP contribution < -0.4 is 16.4 Å². The minimum Gasteiger partial charge on any atom is -0.399 e. The summed E-state index contributed by atoms with van der Waals surface area (Å²) < 4.78 is 0. The van der Waals surface area contributed by atoms with E-state index in [1.807, 2.05) is 13.0 Å². The molecule has 0 saturated heterocycles. The molecule has 4 N–H and O–H groups in total. The van der Waals surface area contributed by atoms with E-state index < -0.39 is 0 Å². The smallest absolute Gasteiger partial charge is 0.256 e. The molecule has 0 bridgehead atoms. The number of benzene rings is 2. The van der Waals surface area contributed by atoms with E-state index in [0.29, 0.717) is 22.6 Å². The van der Waals surface area contributed by atoms with Gasteiger partial charge in [-0.1, -0.05) is 6.07 Å². The fourth-order valence-electron chi connectivity index (χ4n) is 1.92. The van der Waals surface area contributed by atoms with Crippen LogP contribution >= 0.6 is 0 Å². The highest BCUT2D eigenvalue weighted by Crippen LogP contribution is 2.17. The van der Waals surface area contributed by atoms with E-state index in [9.17, 15) is 9.59 Å². The molecule has 2 amide bonds. The quantitative estimate of drug-likeness (QED) is 0.757. The predicted molar refractivity (Wildman–Crippen MR) is 84.3 cm³/mol. The molecule has 0 heterocycles. The summed E-state index contributed by atoms with van der Waals surface area (Å²) in [6, 6.07) is 12.1. The molecule has 0 aliphatic carbocycles. The summed E-state index contributed by atoms with van der Waals surface area (Å²) in [5.74, 6) is -0.353. The maximum atomic E-state index is 12.2. The van der Waals surface area contributed by atoms with Crippen LogP contribution in [-0.4, -0.2) is 11.8 Å². The fraction of sp³-hybridized carbons (Fsp3) is 0.125. The topological polar surface area (TPSA) is 84.2 Å². The van der Waals surface area contributed by atoms with E-state index in [1.54, 1.807) is 36.4 Å². The van der Waals surface area contributed by atoms with Crippen molar-refractivity contribution in [1.82, 2.24) is 0 Å². The molecule has 21 heavy (non-hydrogen) atoms. The number of rotatable bonds is 3. The lowest BCUT2D eigenvalue weighted by Gasteiger charge is -2.09. The molecule has 0 saturated carbocycles. The Kier molecular flexibility index (Phi) is 4.23. The summed E-state index contributed by atoms with van der Waals surface area (Å²) in [6.07, 6.45) is 0.